The van der Waals surface area contributed by atoms with Crippen LogP contribution < -0.4 is 60.1 Å². The van der Waals surface area contributed by atoms with Crippen molar-refractivity contribution >= 4 is 178 Å². The van der Waals surface area contributed by atoms with Crippen LogP contribution in [-0.2, 0) is 0 Å². The van der Waals surface area contributed by atoms with Crippen molar-refractivity contribution < 1.29 is 0 Å². The van der Waals surface area contributed by atoms with Gasteiger partial charge in [-0.2, -0.15) is 0 Å². The highest BCUT2D eigenvalue weighted by Crippen LogP contribution is 2.37. The van der Waals surface area contributed by atoms with E-state index in [9.17, 15) is 0 Å². The van der Waals surface area contributed by atoms with Gasteiger partial charge in [-0.1, -0.05) is 141 Å². The van der Waals surface area contributed by atoms with Crippen LogP contribution in [-0.4, -0.2) is 101 Å². The first kappa shape index (κ1) is 39.9. The van der Waals surface area contributed by atoms with Crippen LogP contribution in [0.4, 0.5) is 0 Å². The van der Waals surface area contributed by atoms with E-state index < -0.39 is 0 Å². The second kappa shape index (κ2) is 15.5. The first-order chi connectivity index (χ1) is 28.8. The molecule has 2 aromatic heterocycles. The molecule has 9 aromatic rings. The molecular weight excluding hydrogens is 734 g/mol. The normalized spacial score (nSPS) is 11.4. The number of nitrogens with zero attached hydrogens (tertiary/aromatic N) is 3. The molecule has 0 fully saturated rings. The van der Waals surface area contributed by atoms with Crippen molar-refractivity contribution in [3.8, 4) is 67.5 Å². The maximum Gasteiger partial charge on any atom is 0.164 e. The number of rotatable bonds is 6. The summed E-state index contributed by atoms with van der Waals surface area (Å²) in [6, 6.07) is 36.0. The van der Waals surface area contributed by atoms with Gasteiger partial charge >= 0.3 is 0 Å². The SMILES string of the molecule is [B]c1c([B])c([B])c(-c2c([B])c([B])c([B])c3sc4c([B])c([B])c(-c5nc(-c6ccc(-c7ccccc7)cc6)nc(-c6cccc(-c7ccccc7)c6)n5)c([B])c4c23)c([B])c1[B]. The summed E-state index contributed by atoms with van der Waals surface area (Å²) in [5, 5.41) is 0.896. The Labute approximate surface area is 367 Å². The van der Waals surface area contributed by atoms with Gasteiger partial charge in [0.05, 0.1) is 0 Å². The van der Waals surface area contributed by atoms with Crippen LogP contribution in [0.15, 0.2) is 109 Å². The fourth-order valence-electron chi connectivity index (χ4n) is 7.65. The van der Waals surface area contributed by atoms with Crippen molar-refractivity contribution in [1.82, 2.24) is 15.0 Å². The number of benzene rings is 7. The Morgan fingerprint density at radius 3 is 1.30 bits per heavy atom. The molecule has 2 heterocycles. The first-order valence-corrected chi connectivity index (χ1v) is 19.5. The smallest absolute Gasteiger partial charge is 0.164 e. The average molecular weight is 752 g/mol. The van der Waals surface area contributed by atoms with E-state index in [2.05, 4.69) is 12.1 Å². The molecule has 60 heavy (non-hydrogen) atoms. The monoisotopic (exact) mass is 753 g/mol. The Kier molecular flexibility index (Phi) is 10.3. The molecule has 0 unspecified atom stereocenters. The lowest BCUT2D eigenvalue weighted by molar-refractivity contribution is 1.08. The van der Waals surface area contributed by atoms with Gasteiger partial charge in [0.1, 0.15) is 86.3 Å². The van der Waals surface area contributed by atoms with Crippen molar-refractivity contribution in [2.75, 3.05) is 0 Å². The predicted molar refractivity (Wildman–Crippen MR) is 265 cm³/mol. The van der Waals surface area contributed by atoms with Gasteiger partial charge in [0.25, 0.3) is 0 Å². The molecule has 0 saturated heterocycles. The highest BCUT2D eigenvalue weighted by atomic mass is 32.1. The lowest BCUT2D eigenvalue weighted by atomic mass is 9.58. The maximum absolute atomic E-state index is 7.26. The molecule has 9 rings (SSSR count). The highest BCUT2D eigenvalue weighted by molar-refractivity contribution is 7.28. The van der Waals surface area contributed by atoms with Crippen LogP contribution in [0.5, 0.6) is 0 Å². The van der Waals surface area contributed by atoms with Crippen LogP contribution in [0.2, 0.25) is 0 Å². The van der Waals surface area contributed by atoms with Gasteiger partial charge in [0.2, 0.25) is 0 Å². The van der Waals surface area contributed by atoms with Crippen LogP contribution in [0.1, 0.15) is 0 Å². The largest absolute Gasteiger partial charge is 0.208 e. The summed E-state index contributed by atoms with van der Waals surface area (Å²) in [4.78, 5) is 15.1. The molecule has 0 N–H and O–H groups in total. The van der Waals surface area contributed by atoms with E-state index in [0.29, 0.717) is 37.4 Å². The number of hydrogen-bond donors (Lipinski definition) is 0. The molecule has 0 spiro atoms. The van der Waals surface area contributed by atoms with Crippen molar-refractivity contribution in [1.29, 1.82) is 0 Å². The summed E-state index contributed by atoms with van der Waals surface area (Å²) in [7, 11) is 73.3. The van der Waals surface area contributed by atoms with Gasteiger partial charge in [0.15, 0.2) is 17.5 Å². The van der Waals surface area contributed by atoms with Crippen LogP contribution in [0, 0.1) is 0 Å². The van der Waals surface area contributed by atoms with Crippen molar-refractivity contribution in [2.24, 2.45) is 0 Å². The van der Waals surface area contributed by atoms with Gasteiger partial charge in [-0.15, -0.1) is 33.2 Å². The Morgan fingerprint density at radius 2 is 0.683 bits per heavy atom. The molecule has 7 aromatic carbocycles. The molecule has 22 radical (unpaired) electrons. The summed E-state index contributed by atoms with van der Waals surface area (Å²) in [6.45, 7) is 0. The van der Waals surface area contributed by atoms with Crippen LogP contribution >= 0.6 is 11.3 Å². The first-order valence-electron chi connectivity index (χ1n) is 18.6. The van der Waals surface area contributed by atoms with Crippen LogP contribution in [0.3, 0.4) is 0 Å². The highest BCUT2D eigenvalue weighted by Gasteiger charge is 2.26. The van der Waals surface area contributed by atoms with Crippen LogP contribution in [0.25, 0.3) is 87.7 Å². The van der Waals surface area contributed by atoms with E-state index in [1.54, 1.807) is 0 Å². The molecule has 0 aliphatic rings. The Bertz CT molecular complexity index is 3180. The van der Waals surface area contributed by atoms with Crippen molar-refractivity contribution in [3.05, 3.63) is 109 Å². The second-order valence-corrected chi connectivity index (χ2v) is 15.4. The molecule has 3 nitrogen and oxygen atoms in total. The fourth-order valence-corrected chi connectivity index (χ4v) is 8.91. The number of thiophene rings is 1. The maximum atomic E-state index is 7.26. The molecular formula is C45H18B11N3S. The minimum absolute atomic E-state index is 0.0231. The topological polar surface area (TPSA) is 38.7 Å². The number of hydrogen-bond acceptors (Lipinski definition) is 4. The van der Waals surface area contributed by atoms with E-state index >= 15 is 0 Å². The summed E-state index contributed by atoms with van der Waals surface area (Å²) in [5.74, 6) is 0.929. The molecule has 0 bridgehead atoms. The molecule has 252 valence electrons. The van der Waals surface area contributed by atoms with Crippen molar-refractivity contribution in [2.45, 2.75) is 0 Å². The summed E-state index contributed by atoms with van der Waals surface area (Å²) in [6.07, 6.45) is 0. The quantitative estimate of drug-likeness (QED) is 0.205. The zero-order chi connectivity index (χ0) is 42.1. The van der Waals surface area contributed by atoms with Gasteiger partial charge in [0, 0.05) is 31.5 Å². The standard InChI is InChI=1S/C45H18B11N3S/c46-30-28-26-25(27-32(48)35(51)38(54)36(52)33(27)49)31(47)37(53)40(56)41(26)60-42(28)39(55)34(50)29(30)45-58-43(22-16-14-21(15-17-22)19-8-3-1-4-9-19)57-44(59-45)24-13-7-12-23(18-24)20-10-5-2-6-11-20/h1-18H. The lowest BCUT2D eigenvalue weighted by Gasteiger charge is -2.25. The van der Waals surface area contributed by atoms with Gasteiger partial charge in [-0.3, -0.25) is 0 Å². The van der Waals surface area contributed by atoms with Gasteiger partial charge in [-0.05, 0) is 44.8 Å². The van der Waals surface area contributed by atoms with Crippen molar-refractivity contribution in [3.63, 3.8) is 0 Å². The van der Waals surface area contributed by atoms with E-state index in [1.807, 2.05) is 97.1 Å². The Hall–Kier alpha value is -5.52. The molecule has 0 amide bonds. The summed E-state index contributed by atoms with van der Waals surface area (Å²) >= 11 is 1.23. The van der Waals surface area contributed by atoms with E-state index in [4.69, 9.17) is 101 Å². The van der Waals surface area contributed by atoms with E-state index in [1.165, 1.54) is 11.3 Å². The van der Waals surface area contributed by atoms with E-state index in [0.717, 1.165) is 33.4 Å². The minimum atomic E-state index is 0.0231. The van der Waals surface area contributed by atoms with Gasteiger partial charge < -0.3 is 0 Å². The Balaban J connectivity index is 1.34. The molecule has 0 atom stereocenters. The Morgan fingerprint density at radius 1 is 0.283 bits per heavy atom. The zero-order valence-electron chi connectivity index (χ0n) is 32.0. The third-order valence-corrected chi connectivity index (χ3v) is 12.1. The molecule has 0 aliphatic heterocycles. The average Bonchev–Trinajstić information content (AvgIpc) is 3.69. The third kappa shape index (κ3) is 6.48. The second-order valence-electron chi connectivity index (χ2n) is 14.4. The zero-order valence-corrected chi connectivity index (χ0v) is 32.8. The van der Waals surface area contributed by atoms with E-state index in [-0.39, 0.29) is 77.0 Å². The predicted octanol–water partition coefficient (Wildman–Crippen LogP) is -1.03. The molecule has 15 heteroatoms. The number of fused-ring (bicyclic) bond motifs is 3. The fraction of sp³-hybridized carbons (Fsp3) is 0. The third-order valence-electron chi connectivity index (χ3n) is 10.9. The van der Waals surface area contributed by atoms with Gasteiger partial charge in [-0.25, -0.2) is 15.0 Å². The summed E-state index contributed by atoms with van der Waals surface area (Å²) < 4.78 is 1.01. The molecule has 0 aliphatic carbocycles. The lowest BCUT2D eigenvalue weighted by Crippen LogP contribution is -2.56. The summed E-state index contributed by atoms with van der Waals surface area (Å²) in [5.41, 5.74) is 7.40. The minimum Gasteiger partial charge on any atom is -0.208 e. The number of aromatic nitrogens is 3. The molecule has 0 saturated carbocycles.